The highest BCUT2D eigenvalue weighted by Crippen LogP contribution is 2.65. The van der Waals surface area contributed by atoms with Crippen LogP contribution in [0, 0.1) is 10.8 Å². The van der Waals surface area contributed by atoms with E-state index in [1.807, 2.05) is 18.2 Å². The van der Waals surface area contributed by atoms with E-state index >= 15 is 0 Å². The minimum absolute atomic E-state index is 0. The molecule has 37 heavy (non-hydrogen) atoms. The second-order valence-corrected chi connectivity index (χ2v) is 13.0. The van der Waals surface area contributed by atoms with E-state index in [-0.39, 0.29) is 29.4 Å². The summed E-state index contributed by atoms with van der Waals surface area (Å²) in [5.74, 6) is 0.116. The highest BCUT2D eigenvalue weighted by Gasteiger charge is 2.58. The molecule has 3 aromatic rings. The Bertz CT molecular complexity index is 1420. The maximum atomic E-state index is 14.0. The number of phenolic OH excluding ortho intramolecular Hbond substituents is 1. The van der Waals surface area contributed by atoms with E-state index < -0.39 is 11.8 Å². The summed E-state index contributed by atoms with van der Waals surface area (Å²) >= 11 is 0. The summed E-state index contributed by atoms with van der Waals surface area (Å²) in [5, 5.41) is 15.4. The molecule has 0 aromatic heterocycles. The molecule has 6 heteroatoms. The molecule has 3 aliphatic rings. The van der Waals surface area contributed by atoms with Crippen molar-refractivity contribution in [1.29, 1.82) is 0 Å². The third-order valence-electron chi connectivity index (χ3n) is 8.94. The lowest BCUT2D eigenvalue weighted by atomic mass is 9.52. The zero-order chi connectivity index (χ0) is 26.1. The Kier molecular flexibility index (Phi) is 5.12. The van der Waals surface area contributed by atoms with E-state index in [2.05, 4.69) is 51.2 Å². The van der Waals surface area contributed by atoms with Gasteiger partial charge in [-0.1, -0.05) is 59.4 Å². The Hall–Kier alpha value is -2.89. The molecule has 0 bridgehead atoms. The van der Waals surface area contributed by atoms with Crippen molar-refractivity contribution in [2.24, 2.45) is 10.8 Å². The summed E-state index contributed by atoms with van der Waals surface area (Å²) in [6, 6.07) is 13.8. The average Bonchev–Trinajstić information content (AvgIpc) is 3.14. The fourth-order valence-electron chi connectivity index (χ4n) is 8.09. The van der Waals surface area contributed by atoms with E-state index in [0.29, 0.717) is 16.8 Å². The number of anilines is 2. The van der Waals surface area contributed by atoms with E-state index in [0.717, 1.165) is 48.3 Å². The molecule has 1 fully saturated rings. The first-order chi connectivity index (χ1) is 16.6. The number of hydrogen-bond donors (Lipinski definition) is 2. The number of fused-ring (bicyclic) bond motifs is 8. The normalized spacial score (nSPS) is 24.3. The number of halogens is 3. The van der Waals surface area contributed by atoms with Crippen molar-refractivity contribution < 1.29 is 18.3 Å². The van der Waals surface area contributed by atoms with E-state index in [4.69, 9.17) is 0 Å². The van der Waals surface area contributed by atoms with Crippen molar-refractivity contribution in [3.05, 3.63) is 53.6 Å². The van der Waals surface area contributed by atoms with Crippen molar-refractivity contribution in [1.82, 2.24) is 0 Å². The molecule has 3 nitrogen and oxygen atoms in total. The standard InChI is InChI=1S/C30H33F3N2O.CH4/c1-26(2)14-27(3,4)16-29(15-26)20-10-8-7-9-17(20)25-19-12-23-22(11-18(19)24(36)13-21(25)29)34-28(5,35(23)6)30(31,32)33;/h7-13,34,36H,14-16H2,1-6H3;1H4. The van der Waals surface area contributed by atoms with Gasteiger partial charge < -0.3 is 15.3 Å². The molecule has 2 aliphatic carbocycles. The summed E-state index contributed by atoms with van der Waals surface area (Å²) in [6.45, 7) is 10.4. The van der Waals surface area contributed by atoms with Crippen LogP contribution in [0.3, 0.4) is 0 Å². The monoisotopic (exact) mass is 510 g/mol. The number of rotatable bonds is 0. The van der Waals surface area contributed by atoms with Gasteiger partial charge in [0.15, 0.2) is 0 Å². The van der Waals surface area contributed by atoms with E-state index in [1.165, 1.54) is 17.5 Å². The molecule has 1 heterocycles. The molecule has 1 atom stereocenters. The Morgan fingerprint density at radius 1 is 0.865 bits per heavy atom. The summed E-state index contributed by atoms with van der Waals surface area (Å²) in [5.41, 5.74) is 3.10. The smallest absolute Gasteiger partial charge is 0.430 e. The second kappa shape index (κ2) is 7.36. The molecule has 3 aromatic carbocycles. The first-order valence-electron chi connectivity index (χ1n) is 12.6. The number of aromatic hydroxyl groups is 1. The van der Waals surface area contributed by atoms with Gasteiger partial charge in [-0.25, -0.2) is 0 Å². The van der Waals surface area contributed by atoms with Crippen LogP contribution in [0.5, 0.6) is 5.75 Å². The second-order valence-electron chi connectivity index (χ2n) is 13.0. The Labute approximate surface area is 217 Å². The molecule has 2 N–H and O–H groups in total. The van der Waals surface area contributed by atoms with Gasteiger partial charge in [-0.05, 0) is 82.9 Å². The van der Waals surface area contributed by atoms with Crippen molar-refractivity contribution in [2.45, 2.75) is 78.6 Å². The van der Waals surface area contributed by atoms with Crippen LogP contribution in [-0.4, -0.2) is 24.0 Å². The van der Waals surface area contributed by atoms with Crippen LogP contribution < -0.4 is 10.2 Å². The third kappa shape index (κ3) is 3.33. The predicted octanol–water partition coefficient (Wildman–Crippen LogP) is 8.82. The van der Waals surface area contributed by atoms with Gasteiger partial charge in [0, 0.05) is 17.8 Å². The Morgan fingerprint density at radius 2 is 1.49 bits per heavy atom. The van der Waals surface area contributed by atoms with E-state index in [9.17, 15) is 18.3 Å². The zero-order valence-electron chi connectivity index (χ0n) is 21.7. The van der Waals surface area contributed by atoms with Gasteiger partial charge in [0.05, 0.1) is 11.4 Å². The molecule has 0 radical (unpaired) electrons. The van der Waals surface area contributed by atoms with Gasteiger partial charge in [-0.15, -0.1) is 0 Å². The van der Waals surface area contributed by atoms with Gasteiger partial charge in [-0.3, -0.25) is 0 Å². The number of benzene rings is 3. The molecule has 1 aliphatic heterocycles. The summed E-state index contributed by atoms with van der Waals surface area (Å²) in [7, 11) is 1.47. The van der Waals surface area contributed by atoms with Crippen LogP contribution in [0.15, 0.2) is 42.5 Å². The lowest BCUT2D eigenvalue weighted by molar-refractivity contribution is -0.171. The third-order valence-corrected chi connectivity index (χ3v) is 8.94. The van der Waals surface area contributed by atoms with Gasteiger partial charge >= 0.3 is 6.18 Å². The van der Waals surface area contributed by atoms with Gasteiger partial charge in [-0.2, -0.15) is 13.2 Å². The first kappa shape index (κ1) is 25.7. The van der Waals surface area contributed by atoms with Crippen LogP contribution in [-0.2, 0) is 5.41 Å². The molecule has 198 valence electrons. The summed E-state index contributed by atoms with van der Waals surface area (Å²) in [6.07, 6.45) is -1.46. The first-order valence-corrected chi connectivity index (χ1v) is 12.6. The average molecular weight is 511 g/mol. The Balaban J connectivity index is 0.00000280. The number of alkyl halides is 3. The van der Waals surface area contributed by atoms with Gasteiger partial charge in [0.25, 0.3) is 0 Å². The van der Waals surface area contributed by atoms with Gasteiger partial charge in [0.2, 0.25) is 5.66 Å². The topological polar surface area (TPSA) is 35.5 Å². The molecular formula is C31H37F3N2O. The minimum Gasteiger partial charge on any atom is -0.507 e. The number of nitrogens with one attached hydrogen (secondary N) is 1. The minimum atomic E-state index is -4.48. The maximum absolute atomic E-state index is 14.0. The molecular weight excluding hydrogens is 473 g/mol. The largest absolute Gasteiger partial charge is 0.507 e. The fourth-order valence-corrected chi connectivity index (χ4v) is 8.09. The van der Waals surface area contributed by atoms with Crippen molar-refractivity contribution in [3.63, 3.8) is 0 Å². The summed E-state index contributed by atoms with van der Waals surface area (Å²) < 4.78 is 42.1. The quantitative estimate of drug-likeness (QED) is 0.317. The van der Waals surface area contributed by atoms with Crippen molar-refractivity contribution in [2.75, 3.05) is 17.3 Å². The lowest BCUT2D eigenvalue weighted by Crippen LogP contribution is -2.57. The maximum Gasteiger partial charge on any atom is 0.430 e. The van der Waals surface area contributed by atoms with Gasteiger partial charge in [0.1, 0.15) is 5.75 Å². The van der Waals surface area contributed by atoms with Crippen molar-refractivity contribution >= 4 is 22.1 Å². The SMILES string of the molecule is C.CN1c2cc3c4c(cc(O)c3cc2NC1(C)C(F)(F)F)C1(CC(C)(C)CC(C)(C)C1)c1ccccc1-4. The molecule has 6 rings (SSSR count). The Morgan fingerprint density at radius 3 is 2.11 bits per heavy atom. The highest BCUT2D eigenvalue weighted by molar-refractivity contribution is 6.09. The number of hydrogen-bond acceptors (Lipinski definition) is 3. The fraction of sp³-hybridized carbons (Fsp3) is 0.484. The van der Waals surface area contributed by atoms with Crippen LogP contribution in [0.2, 0.25) is 0 Å². The summed E-state index contributed by atoms with van der Waals surface area (Å²) in [4.78, 5) is 1.27. The van der Waals surface area contributed by atoms with E-state index in [1.54, 1.807) is 6.07 Å². The molecule has 0 saturated heterocycles. The van der Waals surface area contributed by atoms with Crippen LogP contribution in [0.25, 0.3) is 21.9 Å². The highest BCUT2D eigenvalue weighted by atomic mass is 19.4. The molecule has 1 spiro atoms. The zero-order valence-corrected chi connectivity index (χ0v) is 21.7. The van der Waals surface area contributed by atoms with Crippen LogP contribution in [0.4, 0.5) is 24.5 Å². The van der Waals surface area contributed by atoms with Crippen molar-refractivity contribution in [3.8, 4) is 16.9 Å². The number of phenols is 1. The number of nitrogens with zero attached hydrogens (tertiary/aromatic N) is 1. The van der Waals surface area contributed by atoms with Crippen LogP contribution in [0.1, 0.15) is 72.4 Å². The molecule has 0 amide bonds. The predicted molar refractivity (Wildman–Crippen MR) is 146 cm³/mol. The molecule has 1 saturated carbocycles. The lowest BCUT2D eigenvalue weighted by Gasteiger charge is -2.51. The van der Waals surface area contributed by atoms with Crippen LogP contribution >= 0.6 is 0 Å². The molecule has 1 unspecified atom stereocenters.